The number of ether oxygens (including phenoxy) is 1. The van der Waals surface area contributed by atoms with Crippen LogP contribution in [0.15, 0.2) is 24.3 Å². The summed E-state index contributed by atoms with van der Waals surface area (Å²) in [5.41, 5.74) is 1.45. The molecule has 0 aromatic heterocycles. The average Bonchev–Trinajstić information content (AvgIpc) is 2.48. The van der Waals surface area contributed by atoms with Gasteiger partial charge in [-0.15, -0.1) is 0 Å². The van der Waals surface area contributed by atoms with E-state index >= 15 is 0 Å². The Morgan fingerprint density at radius 2 is 1.80 bits per heavy atom. The normalized spacial score (nSPS) is 9.00. The molecule has 0 saturated heterocycles. The molecule has 0 unspecified atom stereocenters. The molecule has 0 aliphatic carbocycles. The number of carbonyl (C=O) groups excluding carboxylic acids is 2. The highest BCUT2D eigenvalue weighted by Crippen LogP contribution is 2.10. The molecule has 0 radical (unpaired) electrons. The Morgan fingerprint density at radius 1 is 1.20 bits per heavy atom. The molecule has 0 heterocycles. The summed E-state index contributed by atoms with van der Waals surface area (Å²) in [5.74, 6) is -0.244. The number of aliphatic hydroxyl groups is 1. The number of hydrogen-bond acceptors (Lipinski definition) is 4. The highest BCUT2D eigenvalue weighted by atomic mass is 16.5. The number of anilines is 1. The van der Waals surface area contributed by atoms with Crippen LogP contribution in [0.25, 0.3) is 0 Å². The molecule has 0 aliphatic heterocycles. The second kappa shape index (κ2) is 10.8. The molecule has 0 bridgehead atoms. The number of benzene rings is 1. The Hall–Kier alpha value is -2.08. The third kappa shape index (κ3) is 7.38. The Bertz CT molecular complexity index is 404. The molecule has 0 spiro atoms. The van der Waals surface area contributed by atoms with Gasteiger partial charge in [0, 0.05) is 12.7 Å². The zero-order valence-electron chi connectivity index (χ0n) is 12.1. The fourth-order valence-electron chi connectivity index (χ4n) is 1.23. The van der Waals surface area contributed by atoms with Crippen molar-refractivity contribution in [2.45, 2.75) is 26.9 Å². The van der Waals surface area contributed by atoms with Crippen molar-refractivity contribution in [1.29, 1.82) is 0 Å². The molecule has 0 atom stereocenters. The van der Waals surface area contributed by atoms with E-state index in [-0.39, 0.29) is 25.5 Å². The fourth-order valence-corrected chi connectivity index (χ4v) is 1.23. The average molecular weight is 282 g/mol. The van der Waals surface area contributed by atoms with Crippen LogP contribution in [0.4, 0.5) is 10.5 Å². The first-order valence-electron chi connectivity index (χ1n) is 6.50. The topological polar surface area (TPSA) is 87.7 Å². The molecule has 0 fully saturated rings. The number of hydrogen-bond donors (Lipinski definition) is 3. The Labute approximate surface area is 119 Å². The largest absolute Gasteiger partial charge is 0.445 e. The minimum Gasteiger partial charge on any atom is -0.445 e. The Balaban J connectivity index is 0.00000172. The van der Waals surface area contributed by atoms with Crippen molar-refractivity contribution < 1.29 is 19.4 Å². The van der Waals surface area contributed by atoms with Gasteiger partial charge in [0.2, 0.25) is 5.91 Å². The highest BCUT2D eigenvalue weighted by Gasteiger charge is 2.02. The molecule has 0 aliphatic rings. The third-order valence-corrected chi connectivity index (χ3v) is 2.15. The van der Waals surface area contributed by atoms with Gasteiger partial charge in [-0.1, -0.05) is 26.0 Å². The van der Waals surface area contributed by atoms with Crippen LogP contribution >= 0.6 is 0 Å². The van der Waals surface area contributed by atoms with Crippen molar-refractivity contribution in [3.05, 3.63) is 29.8 Å². The van der Waals surface area contributed by atoms with Crippen molar-refractivity contribution in [2.75, 3.05) is 19.0 Å². The lowest BCUT2D eigenvalue weighted by atomic mass is 10.2. The van der Waals surface area contributed by atoms with E-state index in [1.54, 1.807) is 24.3 Å². The summed E-state index contributed by atoms with van der Waals surface area (Å²) in [6.07, 6.45) is -0.419. The summed E-state index contributed by atoms with van der Waals surface area (Å²) in [6.45, 7) is 3.99. The fraction of sp³-hybridized carbons (Fsp3) is 0.429. The van der Waals surface area contributed by atoms with Gasteiger partial charge in [-0.2, -0.15) is 0 Å². The second-order valence-corrected chi connectivity index (χ2v) is 3.54. The summed E-state index contributed by atoms with van der Waals surface area (Å²) >= 11 is 0. The van der Waals surface area contributed by atoms with Gasteiger partial charge in [-0.05, 0) is 17.7 Å². The van der Waals surface area contributed by atoms with E-state index in [9.17, 15) is 9.59 Å². The van der Waals surface area contributed by atoms with Crippen LogP contribution in [-0.4, -0.2) is 30.8 Å². The molecular formula is C14H22N2O4. The van der Waals surface area contributed by atoms with Crippen molar-refractivity contribution in [3.8, 4) is 0 Å². The van der Waals surface area contributed by atoms with Crippen LogP contribution in [0.1, 0.15) is 25.8 Å². The van der Waals surface area contributed by atoms with E-state index in [2.05, 4.69) is 10.6 Å². The Kier molecular flexibility index (Phi) is 9.68. The zero-order chi connectivity index (χ0) is 15.4. The molecule has 6 nitrogen and oxygen atoms in total. The number of amides is 2. The van der Waals surface area contributed by atoms with Crippen LogP contribution in [0.5, 0.6) is 0 Å². The van der Waals surface area contributed by atoms with Crippen molar-refractivity contribution in [2.24, 2.45) is 0 Å². The molecule has 0 saturated carbocycles. The molecule has 3 N–H and O–H groups in total. The van der Waals surface area contributed by atoms with Crippen LogP contribution in [0.2, 0.25) is 0 Å². The maximum atomic E-state index is 11.2. The van der Waals surface area contributed by atoms with E-state index in [0.29, 0.717) is 5.69 Å². The molecule has 1 aromatic rings. The monoisotopic (exact) mass is 282 g/mol. The first-order chi connectivity index (χ1) is 9.65. The van der Waals surface area contributed by atoms with Gasteiger partial charge < -0.3 is 20.5 Å². The third-order valence-electron chi connectivity index (χ3n) is 2.15. The van der Waals surface area contributed by atoms with E-state index in [1.807, 2.05) is 13.8 Å². The summed E-state index contributed by atoms with van der Waals surface area (Å²) in [4.78, 5) is 22.1. The standard InChI is InChI=1S/C12H16N2O4.C2H6/c1-13-12(17)18-8-9-2-4-10(5-3-9)14-11(16)6-7-15;1-2/h2-5,15H,6-8H2,1H3,(H,13,17)(H,14,16);1-2H3. The molecule has 6 heteroatoms. The van der Waals surface area contributed by atoms with Crippen LogP contribution in [0, 0.1) is 0 Å². The van der Waals surface area contributed by atoms with Gasteiger partial charge in [0.15, 0.2) is 0 Å². The number of nitrogens with one attached hydrogen (secondary N) is 2. The summed E-state index contributed by atoms with van der Waals surface area (Å²) in [7, 11) is 1.49. The number of aliphatic hydroxyl groups excluding tert-OH is 1. The van der Waals surface area contributed by atoms with E-state index in [1.165, 1.54) is 7.05 Å². The van der Waals surface area contributed by atoms with Gasteiger partial charge in [0.1, 0.15) is 6.61 Å². The van der Waals surface area contributed by atoms with Gasteiger partial charge >= 0.3 is 6.09 Å². The Morgan fingerprint density at radius 3 is 2.30 bits per heavy atom. The van der Waals surface area contributed by atoms with Crippen molar-refractivity contribution in [3.63, 3.8) is 0 Å². The number of rotatable bonds is 5. The van der Waals surface area contributed by atoms with Gasteiger partial charge in [-0.25, -0.2) is 4.79 Å². The maximum absolute atomic E-state index is 11.2. The van der Waals surface area contributed by atoms with E-state index < -0.39 is 6.09 Å². The molecule has 112 valence electrons. The predicted octanol–water partition coefficient (Wildman–Crippen LogP) is 1.89. The minimum absolute atomic E-state index is 0.0710. The zero-order valence-corrected chi connectivity index (χ0v) is 12.1. The number of carbonyl (C=O) groups is 2. The van der Waals surface area contributed by atoms with Crippen LogP contribution in [-0.2, 0) is 16.1 Å². The summed E-state index contributed by atoms with van der Waals surface area (Å²) < 4.78 is 4.87. The maximum Gasteiger partial charge on any atom is 0.407 e. The van der Waals surface area contributed by atoms with Gasteiger partial charge in [0.05, 0.1) is 13.0 Å². The molecular weight excluding hydrogens is 260 g/mol. The molecule has 20 heavy (non-hydrogen) atoms. The van der Waals surface area contributed by atoms with Crippen molar-refractivity contribution in [1.82, 2.24) is 5.32 Å². The van der Waals surface area contributed by atoms with E-state index in [4.69, 9.17) is 9.84 Å². The lowest BCUT2D eigenvalue weighted by molar-refractivity contribution is -0.116. The smallest absolute Gasteiger partial charge is 0.407 e. The summed E-state index contributed by atoms with van der Waals surface area (Å²) in [6, 6.07) is 6.91. The lowest BCUT2D eigenvalue weighted by Gasteiger charge is -2.06. The summed E-state index contributed by atoms with van der Waals surface area (Å²) in [5, 5.41) is 13.6. The van der Waals surface area contributed by atoms with E-state index in [0.717, 1.165) is 5.56 Å². The van der Waals surface area contributed by atoms with Crippen molar-refractivity contribution >= 4 is 17.7 Å². The predicted molar refractivity (Wildman–Crippen MR) is 77.4 cm³/mol. The second-order valence-electron chi connectivity index (χ2n) is 3.54. The number of alkyl carbamates (subject to hydrolysis) is 1. The molecule has 2 amide bonds. The van der Waals surface area contributed by atoms with Gasteiger partial charge in [0.25, 0.3) is 0 Å². The molecule has 1 rings (SSSR count). The van der Waals surface area contributed by atoms with Gasteiger partial charge in [-0.3, -0.25) is 4.79 Å². The van der Waals surface area contributed by atoms with Crippen LogP contribution in [0.3, 0.4) is 0 Å². The van der Waals surface area contributed by atoms with Crippen LogP contribution < -0.4 is 10.6 Å². The first kappa shape index (κ1) is 17.9. The molecule has 1 aromatic carbocycles. The lowest BCUT2D eigenvalue weighted by Crippen LogP contribution is -2.18. The SMILES string of the molecule is CC.CNC(=O)OCc1ccc(NC(=O)CCO)cc1. The highest BCUT2D eigenvalue weighted by molar-refractivity contribution is 5.90. The minimum atomic E-state index is -0.490. The first-order valence-corrected chi connectivity index (χ1v) is 6.50. The quantitative estimate of drug-likeness (QED) is 0.769.